The quantitative estimate of drug-likeness (QED) is 0.450. The number of hydrogen-bond acceptors (Lipinski definition) is 4. The molecule has 0 radical (unpaired) electrons. The number of hydrogen-bond donors (Lipinski definition) is 2. The normalized spacial score (nSPS) is 12.7. The Morgan fingerprint density at radius 2 is 1.56 bits per heavy atom. The molecule has 0 fully saturated rings. The highest BCUT2D eigenvalue weighted by Crippen LogP contribution is 2.32. The SMILES string of the molecule is CC(C)c1ccc(C(=O)NC(=S)Nc2cccc3c2C(=O)N(c2ccccc2)C3=O)cc1. The van der Waals surface area contributed by atoms with Gasteiger partial charge in [0.1, 0.15) is 0 Å². The first-order chi connectivity index (χ1) is 15.4. The van der Waals surface area contributed by atoms with Gasteiger partial charge in [-0.25, -0.2) is 4.90 Å². The number of carbonyl (C=O) groups is 3. The fraction of sp³-hybridized carbons (Fsp3) is 0.120. The monoisotopic (exact) mass is 443 g/mol. The molecule has 1 aliphatic heterocycles. The van der Waals surface area contributed by atoms with Crippen molar-refractivity contribution >= 4 is 46.4 Å². The summed E-state index contributed by atoms with van der Waals surface area (Å²) in [5.74, 6) is -0.845. The van der Waals surface area contributed by atoms with Gasteiger partial charge in [0.25, 0.3) is 17.7 Å². The van der Waals surface area contributed by atoms with Gasteiger partial charge >= 0.3 is 0 Å². The molecule has 0 unspecified atom stereocenters. The van der Waals surface area contributed by atoms with E-state index in [1.807, 2.05) is 18.2 Å². The molecular weight excluding hydrogens is 422 g/mol. The van der Waals surface area contributed by atoms with Crippen molar-refractivity contribution in [3.8, 4) is 0 Å². The van der Waals surface area contributed by atoms with Gasteiger partial charge in [0.2, 0.25) is 0 Å². The van der Waals surface area contributed by atoms with Crippen molar-refractivity contribution in [1.29, 1.82) is 0 Å². The molecular formula is C25H21N3O3S. The molecule has 3 amide bonds. The Balaban J connectivity index is 1.52. The molecule has 0 saturated carbocycles. The van der Waals surface area contributed by atoms with Gasteiger partial charge in [-0.1, -0.05) is 50.2 Å². The molecule has 160 valence electrons. The van der Waals surface area contributed by atoms with E-state index in [2.05, 4.69) is 24.5 Å². The number of imide groups is 1. The number of carbonyl (C=O) groups excluding carboxylic acids is 3. The minimum atomic E-state index is -0.447. The van der Waals surface area contributed by atoms with Gasteiger partial charge in [-0.05, 0) is 60.1 Å². The van der Waals surface area contributed by atoms with Gasteiger partial charge in [0.15, 0.2) is 5.11 Å². The molecule has 6 nitrogen and oxygen atoms in total. The van der Waals surface area contributed by atoms with Gasteiger partial charge in [-0.2, -0.15) is 0 Å². The molecule has 0 aliphatic carbocycles. The molecule has 1 heterocycles. The van der Waals surface area contributed by atoms with Crippen molar-refractivity contribution in [1.82, 2.24) is 5.32 Å². The Kier molecular flexibility index (Phi) is 5.83. The van der Waals surface area contributed by atoms with Crippen LogP contribution in [0.1, 0.15) is 56.4 Å². The van der Waals surface area contributed by atoms with E-state index in [1.165, 1.54) is 0 Å². The van der Waals surface area contributed by atoms with Crippen LogP contribution in [0.2, 0.25) is 0 Å². The molecule has 7 heteroatoms. The zero-order chi connectivity index (χ0) is 22.8. The molecule has 0 spiro atoms. The highest BCUT2D eigenvalue weighted by atomic mass is 32.1. The maximum absolute atomic E-state index is 13.1. The lowest BCUT2D eigenvalue weighted by atomic mass is 10.0. The smallest absolute Gasteiger partial charge is 0.268 e. The fourth-order valence-electron chi connectivity index (χ4n) is 3.55. The van der Waals surface area contributed by atoms with Crippen LogP contribution in [-0.4, -0.2) is 22.8 Å². The van der Waals surface area contributed by atoms with Crippen molar-refractivity contribution in [2.24, 2.45) is 0 Å². The Hall–Kier alpha value is -3.84. The summed E-state index contributed by atoms with van der Waals surface area (Å²) < 4.78 is 0. The number of amides is 3. The van der Waals surface area contributed by atoms with Crippen LogP contribution < -0.4 is 15.5 Å². The zero-order valence-corrected chi connectivity index (χ0v) is 18.4. The Morgan fingerprint density at radius 3 is 2.22 bits per heavy atom. The molecule has 4 rings (SSSR count). The third-order valence-electron chi connectivity index (χ3n) is 5.24. The van der Waals surface area contributed by atoms with Crippen molar-refractivity contribution < 1.29 is 14.4 Å². The third kappa shape index (κ3) is 4.02. The Morgan fingerprint density at radius 1 is 0.875 bits per heavy atom. The van der Waals surface area contributed by atoms with Crippen LogP contribution in [0.3, 0.4) is 0 Å². The summed E-state index contributed by atoms with van der Waals surface area (Å²) >= 11 is 5.29. The molecule has 0 atom stereocenters. The largest absolute Gasteiger partial charge is 0.332 e. The molecule has 1 aliphatic rings. The molecule has 2 N–H and O–H groups in total. The van der Waals surface area contributed by atoms with Gasteiger partial charge in [0, 0.05) is 5.56 Å². The molecule has 3 aromatic rings. The summed E-state index contributed by atoms with van der Waals surface area (Å²) in [4.78, 5) is 39.6. The first-order valence-electron chi connectivity index (χ1n) is 10.2. The first-order valence-corrected chi connectivity index (χ1v) is 10.6. The van der Waals surface area contributed by atoms with E-state index in [1.54, 1.807) is 54.6 Å². The standard InChI is InChI=1S/C25H21N3O3S/c1-15(2)16-11-13-17(14-12-16)22(29)27-25(32)26-20-10-6-9-19-21(20)24(31)28(23(19)30)18-7-4-3-5-8-18/h3-15H,1-2H3,(H2,26,27,29,32). The lowest BCUT2D eigenvalue weighted by molar-refractivity contribution is 0.0924. The van der Waals surface area contributed by atoms with Gasteiger partial charge in [-0.15, -0.1) is 0 Å². The van der Waals surface area contributed by atoms with E-state index in [4.69, 9.17) is 12.2 Å². The third-order valence-corrected chi connectivity index (χ3v) is 5.45. The minimum Gasteiger partial charge on any atom is -0.332 e. The topological polar surface area (TPSA) is 78.5 Å². The van der Waals surface area contributed by atoms with E-state index in [0.29, 0.717) is 22.9 Å². The molecule has 32 heavy (non-hydrogen) atoms. The second-order valence-electron chi connectivity index (χ2n) is 7.69. The van der Waals surface area contributed by atoms with E-state index >= 15 is 0 Å². The summed E-state index contributed by atoms with van der Waals surface area (Å²) in [6.07, 6.45) is 0. The lowest BCUT2D eigenvalue weighted by Crippen LogP contribution is -2.34. The van der Waals surface area contributed by atoms with Crippen molar-refractivity contribution in [3.63, 3.8) is 0 Å². The van der Waals surface area contributed by atoms with Crippen LogP contribution in [0.4, 0.5) is 11.4 Å². The number of nitrogens with one attached hydrogen (secondary N) is 2. The number of fused-ring (bicyclic) bond motifs is 1. The predicted molar refractivity (Wildman–Crippen MR) is 128 cm³/mol. The van der Waals surface area contributed by atoms with Crippen molar-refractivity contribution in [3.05, 3.63) is 95.1 Å². The zero-order valence-electron chi connectivity index (χ0n) is 17.6. The van der Waals surface area contributed by atoms with Gasteiger partial charge in [0.05, 0.1) is 22.5 Å². The number of nitrogens with zero attached hydrogens (tertiary/aromatic N) is 1. The van der Waals surface area contributed by atoms with Crippen LogP contribution in [0.25, 0.3) is 0 Å². The summed E-state index contributed by atoms with van der Waals surface area (Å²) in [7, 11) is 0. The Bertz CT molecular complexity index is 1220. The average Bonchev–Trinajstić information content (AvgIpc) is 3.05. The second kappa shape index (κ2) is 8.72. The summed E-state index contributed by atoms with van der Waals surface area (Å²) in [6.45, 7) is 4.16. The maximum atomic E-state index is 13.1. The number of anilines is 2. The van der Waals surface area contributed by atoms with Gasteiger partial charge < -0.3 is 5.32 Å². The number of rotatable bonds is 4. The first kappa shape index (κ1) is 21.4. The molecule has 0 bridgehead atoms. The Labute approximate surface area is 191 Å². The van der Waals surface area contributed by atoms with E-state index in [9.17, 15) is 14.4 Å². The van der Waals surface area contributed by atoms with Crippen LogP contribution in [0.5, 0.6) is 0 Å². The van der Waals surface area contributed by atoms with E-state index < -0.39 is 11.8 Å². The number of thiocarbonyl (C=S) groups is 1. The second-order valence-corrected chi connectivity index (χ2v) is 8.10. The highest BCUT2D eigenvalue weighted by Gasteiger charge is 2.38. The minimum absolute atomic E-state index is 0.0368. The van der Waals surface area contributed by atoms with Crippen molar-refractivity contribution in [2.45, 2.75) is 19.8 Å². The van der Waals surface area contributed by atoms with Crippen LogP contribution in [0.15, 0.2) is 72.8 Å². The van der Waals surface area contributed by atoms with Crippen molar-refractivity contribution in [2.75, 3.05) is 10.2 Å². The van der Waals surface area contributed by atoms with Crippen LogP contribution >= 0.6 is 12.2 Å². The van der Waals surface area contributed by atoms with Crippen LogP contribution in [0, 0.1) is 0 Å². The molecule has 3 aromatic carbocycles. The predicted octanol–water partition coefficient (Wildman–Crippen LogP) is 4.74. The summed E-state index contributed by atoms with van der Waals surface area (Å²) in [5, 5.41) is 5.56. The van der Waals surface area contributed by atoms with E-state index in [0.717, 1.165) is 10.5 Å². The lowest BCUT2D eigenvalue weighted by Gasteiger charge is -2.14. The van der Waals surface area contributed by atoms with Crippen LogP contribution in [-0.2, 0) is 0 Å². The fourth-order valence-corrected chi connectivity index (χ4v) is 3.75. The molecule has 0 saturated heterocycles. The number of benzene rings is 3. The number of para-hydroxylation sites is 1. The highest BCUT2D eigenvalue weighted by molar-refractivity contribution is 7.80. The maximum Gasteiger partial charge on any atom is 0.268 e. The van der Waals surface area contributed by atoms with Gasteiger partial charge in [-0.3, -0.25) is 19.7 Å². The summed E-state index contributed by atoms with van der Waals surface area (Å²) in [6, 6.07) is 20.9. The molecule has 0 aromatic heterocycles. The van der Waals surface area contributed by atoms with E-state index in [-0.39, 0.29) is 22.1 Å². The summed E-state index contributed by atoms with van der Waals surface area (Å²) in [5.41, 5.74) is 2.96. The average molecular weight is 444 g/mol.